The van der Waals surface area contributed by atoms with Gasteiger partial charge in [0.15, 0.2) is 0 Å². The molecule has 0 unspecified atom stereocenters. The number of ether oxygens (including phenoxy) is 2. The zero-order valence-electron chi connectivity index (χ0n) is 14.0. The number of amides is 1. The van der Waals surface area contributed by atoms with Crippen molar-refractivity contribution in [2.45, 2.75) is 13.3 Å². The second-order valence-corrected chi connectivity index (χ2v) is 5.14. The maximum atomic E-state index is 11.9. The number of benzene rings is 1. The van der Waals surface area contributed by atoms with Gasteiger partial charge in [0.05, 0.1) is 13.7 Å². The van der Waals surface area contributed by atoms with Gasteiger partial charge in [0.2, 0.25) is 0 Å². The molecule has 0 saturated carbocycles. The normalized spacial score (nSPS) is 10.1. The van der Waals surface area contributed by atoms with E-state index >= 15 is 0 Å². The van der Waals surface area contributed by atoms with Crippen LogP contribution in [0.15, 0.2) is 42.6 Å². The summed E-state index contributed by atoms with van der Waals surface area (Å²) >= 11 is 0. The highest BCUT2D eigenvalue weighted by Gasteiger charge is 2.05. The third kappa shape index (κ3) is 5.46. The van der Waals surface area contributed by atoms with Gasteiger partial charge in [0, 0.05) is 18.3 Å². The first-order chi connectivity index (χ1) is 11.7. The molecule has 6 heteroatoms. The Bertz CT molecular complexity index is 644. The zero-order valence-corrected chi connectivity index (χ0v) is 14.0. The molecule has 0 radical (unpaired) electrons. The van der Waals surface area contributed by atoms with E-state index in [1.807, 2.05) is 31.2 Å². The Morgan fingerprint density at radius 3 is 2.58 bits per heavy atom. The summed E-state index contributed by atoms with van der Waals surface area (Å²) in [5, 5.41) is 5.99. The molecule has 1 aromatic carbocycles. The Morgan fingerprint density at radius 1 is 1.12 bits per heavy atom. The average molecular weight is 329 g/mol. The molecule has 2 aromatic rings. The van der Waals surface area contributed by atoms with Crippen LogP contribution in [0.3, 0.4) is 0 Å². The van der Waals surface area contributed by atoms with Crippen molar-refractivity contribution in [1.29, 1.82) is 0 Å². The Morgan fingerprint density at radius 2 is 1.88 bits per heavy atom. The lowest BCUT2D eigenvalue weighted by molar-refractivity contribution is 0.0953. The maximum absolute atomic E-state index is 11.9. The predicted molar refractivity (Wildman–Crippen MR) is 93.8 cm³/mol. The number of hydrogen-bond acceptors (Lipinski definition) is 5. The van der Waals surface area contributed by atoms with Crippen LogP contribution in [-0.4, -0.2) is 37.7 Å². The molecule has 0 spiro atoms. The molecule has 1 heterocycles. The summed E-state index contributed by atoms with van der Waals surface area (Å²) in [7, 11) is 1.63. The molecule has 0 bridgehead atoms. The predicted octanol–water partition coefficient (Wildman–Crippen LogP) is 2.72. The average Bonchev–Trinajstić information content (AvgIpc) is 2.64. The Balaban J connectivity index is 1.78. The molecule has 1 aromatic heterocycles. The second kappa shape index (κ2) is 9.39. The van der Waals surface area contributed by atoms with Crippen molar-refractivity contribution in [1.82, 2.24) is 10.3 Å². The van der Waals surface area contributed by atoms with E-state index in [2.05, 4.69) is 15.6 Å². The fourth-order valence-electron chi connectivity index (χ4n) is 2.03. The van der Waals surface area contributed by atoms with Crippen molar-refractivity contribution in [3.8, 4) is 11.5 Å². The van der Waals surface area contributed by atoms with Crippen LogP contribution in [0.5, 0.6) is 11.5 Å². The minimum Gasteiger partial charge on any atom is -0.497 e. The minimum atomic E-state index is -0.0863. The Kier molecular flexibility index (Phi) is 6.89. The quantitative estimate of drug-likeness (QED) is 0.692. The Labute approximate surface area is 142 Å². The standard InChI is InChI=1S/C18H23N3O3/c1-3-9-21-18(22)14-8-10-19-17(13-14)20-11-12-24-16-6-4-15(23-2)5-7-16/h4-8,10,13H,3,9,11-12H2,1-2H3,(H,19,20)(H,21,22). The van der Waals surface area contributed by atoms with Crippen molar-refractivity contribution in [3.63, 3.8) is 0 Å². The van der Waals surface area contributed by atoms with E-state index < -0.39 is 0 Å². The van der Waals surface area contributed by atoms with Crippen LogP contribution in [0.1, 0.15) is 23.7 Å². The summed E-state index contributed by atoms with van der Waals surface area (Å²) in [4.78, 5) is 16.1. The summed E-state index contributed by atoms with van der Waals surface area (Å²) in [5.74, 6) is 2.13. The molecular weight excluding hydrogens is 306 g/mol. The maximum Gasteiger partial charge on any atom is 0.251 e. The van der Waals surface area contributed by atoms with Crippen LogP contribution in [0.25, 0.3) is 0 Å². The van der Waals surface area contributed by atoms with E-state index in [0.717, 1.165) is 17.9 Å². The van der Waals surface area contributed by atoms with Crippen molar-refractivity contribution >= 4 is 11.7 Å². The molecule has 0 fully saturated rings. The molecule has 128 valence electrons. The Hall–Kier alpha value is -2.76. The van der Waals surface area contributed by atoms with Crippen molar-refractivity contribution in [2.24, 2.45) is 0 Å². The molecule has 0 aliphatic rings. The van der Waals surface area contributed by atoms with Crippen LogP contribution in [0.4, 0.5) is 5.82 Å². The number of carbonyl (C=O) groups is 1. The van der Waals surface area contributed by atoms with Crippen LogP contribution in [-0.2, 0) is 0 Å². The van der Waals surface area contributed by atoms with Crippen LogP contribution in [0, 0.1) is 0 Å². The zero-order chi connectivity index (χ0) is 17.2. The number of anilines is 1. The van der Waals surface area contributed by atoms with Crippen LogP contribution < -0.4 is 20.1 Å². The highest BCUT2D eigenvalue weighted by atomic mass is 16.5. The molecule has 1 amide bonds. The fourth-order valence-corrected chi connectivity index (χ4v) is 2.03. The number of methoxy groups -OCH3 is 1. The van der Waals surface area contributed by atoms with E-state index in [0.29, 0.717) is 31.1 Å². The van der Waals surface area contributed by atoms with Gasteiger partial charge in [0.25, 0.3) is 5.91 Å². The van der Waals surface area contributed by atoms with Gasteiger partial charge in [-0.3, -0.25) is 4.79 Å². The number of carbonyl (C=O) groups excluding carboxylic acids is 1. The first-order valence-electron chi connectivity index (χ1n) is 7.98. The van der Waals surface area contributed by atoms with Gasteiger partial charge in [-0.1, -0.05) is 6.92 Å². The first-order valence-corrected chi connectivity index (χ1v) is 7.98. The third-order valence-corrected chi connectivity index (χ3v) is 3.29. The minimum absolute atomic E-state index is 0.0863. The first kappa shape index (κ1) is 17.6. The van der Waals surface area contributed by atoms with Gasteiger partial charge in [-0.2, -0.15) is 0 Å². The number of pyridine rings is 1. The molecule has 0 aliphatic carbocycles. The smallest absolute Gasteiger partial charge is 0.251 e. The second-order valence-electron chi connectivity index (χ2n) is 5.14. The SMILES string of the molecule is CCCNC(=O)c1ccnc(NCCOc2ccc(OC)cc2)c1. The molecule has 0 saturated heterocycles. The summed E-state index contributed by atoms with van der Waals surface area (Å²) in [5.41, 5.74) is 0.594. The molecular formula is C18H23N3O3. The molecule has 24 heavy (non-hydrogen) atoms. The topological polar surface area (TPSA) is 72.5 Å². The van der Waals surface area contributed by atoms with Crippen LogP contribution in [0.2, 0.25) is 0 Å². The van der Waals surface area contributed by atoms with E-state index in [1.54, 1.807) is 25.4 Å². The number of hydrogen-bond donors (Lipinski definition) is 2. The fraction of sp³-hybridized carbons (Fsp3) is 0.333. The van der Waals surface area contributed by atoms with Crippen LogP contribution >= 0.6 is 0 Å². The molecule has 0 aliphatic heterocycles. The van der Waals surface area contributed by atoms with Crippen molar-refractivity contribution in [3.05, 3.63) is 48.2 Å². The summed E-state index contributed by atoms with van der Waals surface area (Å²) < 4.78 is 10.7. The largest absolute Gasteiger partial charge is 0.497 e. The molecule has 2 rings (SSSR count). The molecule has 0 atom stereocenters. The van der Waals surface area contributed by atoms with Gasteiger partial charge >= 0.3 is 0 Å². The number of rotatable bonds is 9. The van der Waals surface area contributed by atoms with E-state index in [4.69, 9.17) is 9.47 Å². The third-order valence-electron chi connectivity index (χ3n) is 3.29. The molecule has 2 N–H and O–H groups in total. The monoisotopic (exact) mass is 329 g/mol. The van der Waals surface area contributed by atoms with E-state index in [9.17, 15) is 4.79 Å². The highest BCUT2D eigenvalue weighted by Crippen LogP contribution is 2.16. The van der Waals surface area contributed by atoms with Crippen molar-refractivity contribution < 1.29 is 14.3 Å². The summed E-state index contributed by atoms with van der Waals surface area (Å²) in [6.45, 7) is 3.75. The lowest BCUT2D eigenvalue weighted by Gasteiger charge is -2.09. The lowest BCUT2D eigenvalue weighted by atomic mass is 10.2. The van der Waals surface area contributed by atoms with Gasteiger partial charge in [-0.15, -0.1) is 0 Å². The highest BCUT2D eigenvalue weighted by molar-refractivity contribution is 5.94. The lowest BCUT2D eigenvalue weighted by Crippen LogP contribution is -2.24. The van der Waals surface area contributed by atoms with Gasteiger partial charge < -0.3 is 20.1 Å². The number of nitrogens with one attached hydrogen (secondary N) is 2. The summed E-state index contributed by atoms with van der Waals surface area (Å²) in [6, 6.07) is 10.8. The van der Waals surface area contributed by atoms with Gasteiger partial charge in [-0.05, 0) is 42.8 Å². The van der Waals surface area contributed by atoms with Gasteiger partial charge in [0.1, 0.15) is 23.9 Å². The van der Waals surface area contributed by atoms with Crippen molar-refractivity contribution in [2.75, 3.05) is 32.1 Å². The van der Waals surface area contributed by atoms with Gasteiger partial charge in [-0.25, -0.2) is 4.98 Å². The molecule has 6 nitrogen and oxygen atoms in total. The number of nitrogens with zero attached hydrogens (tertiary/aromatic N) is 1. The summed E-state index contributed by atoms with van der Waals surface area (Å²) in [6.07, 6.45) is 2.53. The van der Waals surface area contributed by atoms with E-state index in [-0.39, 0.29) is 5.91 Å². The van der Waals surface area contributed by atoms with E-state index in [1.165, 1.54) is 0 Å². The number of aromatic nitrogens is 1.